The van der Waals surface area contributed by atoms with E-state index in [1.165, 1.54) is 24.3 Å². The van der Waals surface area contributed by atoms with Gasteiger partial charge in [0.2, 0.25) is 5.91 Å². The quantitative estimate of drug-likeness (QED) is 0.853. The minimum absolute atomic E-state index is 0.0124. The lowest BCUT2D eigenvalue weighted by atomic mass is 10.1. The summed E-state index contributed by atoms with van der Waals surface area (Å²) in [5.41, 5.74) is -4.13. The fourth-order valence-electron chi connectivity index (χ4n) is 2.32. The van der Waals surface area contributed by atoms with Gasteiger partial charge >= 0.3 is 5.51 Å². The van der Waals surface area contributed by atoms with Gasteiger partial charge in [0, 0.05) is 23.5 Å². The predicted octanol–water partition coefficient (Wildman–Crippen LogP) is 3.04. The molecule has 4 nitrogen and oxygen atoms in total. The molecule has 1 saturated heterocycles. The van der Waals surface area contributed by atoms with Crippen molar-refractivity contribution in [3.8, 4) is 0 Å². The number of alkyl halides is 3. The third-order valence-electron chi connectivity index (χ3n) is 3.46. The molecule has 1 aliphatic heterocycles. The Hall–Kier alpha value is -1.70. The summed E-state index contributed by atoms with van der Waals surface area (Å²) in [5, 5.41) is 2.50. The van der Waals surface area contributed by atoms with Crippen LogP contribution in [0.15, 0.2) is 29.2 Å². The summed E-state index contributed by atoms with van der Waals surface area (Å²) in [6.45, 7) is 1.31. The van der Waals surface area contributed by atoms with E-state index in [0.29, 0.717) is 13.1 Å². The second-order valence-electron chi connectivity index (χ2n) is 5.20. The molecule has 1 aromatic rings. The normalized spacial score (nSPS) is 15.3. The first-order valence-electron chi connectivity index (χ1n) is 7.27. The van der Waals surface area contributed by atoms with Crippen LogP contribution >= 0.6 is 11.8 Å². The van der Waals surface area contributed by atoms with Gasteiger partial charge in [0.15, 0.2) is 0 Å². The van der Waals surface area contributed by atoms with Crippen LogP contribution in [0.5, 0.6) is 0 Å². The molecule has 1 heterocycles. The monoisotopic (exact) mass is 346 g/mol. The molecule has 0 atom stereocenters. The van der Waals surface area contributed by atoms with E-state index in [1.807, 2.05) is 0 Å². The molecular formula is C15H17F3N2O2S. The summed E-state index contributed by atoms with van der Waals surface area (Å²) < 4.78 is 36.7. The molecule has 8 heteroatoms. The zero-order valence-corrected chi connectivity index (χ0v) is 13.2. The first-order valence-corrected chi connectivity index (χ1v) is 8.08. The molecule has 0 aromatic heterocycles. The molecule has 0 saturated carbocycles. The number of nitrogens with zero attached hydrogens (tertiary/aromatic N) is 1. The van der Waals surface area contributed by atoms with Gasteiger partial charge < -0.3 is 10.2 Å². The van der Waals surface area contributed by atoms with E-state index in [4.69, 9.17) is 0 Å². The van der Waals surface area contributed by atoms with Gasteiger partial charge in [-0.15, -0.1) is 0 Å². The molecule has 1 aromatic carbocycles. The number of carbonyl (C=O) groups is 2. The average molecular weight is 346 g/mol. The number of nitrogens with one attached hydrogen (secondary N) is 1. The molecule has 0 unspecified atom stereocenters. The molecule has 2 amide bonds. The first-order chi connectivity index (χ1) is 10.8. The van der Waals surface area contributed by atoms with Crippen molar-refractivity contribution in [2.75, 3.05) is 19.6 Å². The van der Waals surface area contributed by atoms with Gasteiger partial charge in [-0.05, 0) is 55.3 Å². The Balaban J connectivity index is 1.84. The number of hydrogen-bond acceptors (Lipinski definition) is 3. The van der Waals surface area contributed by atoms with Gasteiger partial charge in [0.05, 0.1) is 6.54 Å². The lowest BCUT2D eigenvalue weighted by Gasteiger charge is -2.26. The van der Waals surface area contributed by atoms with E-state index in [1.54, 1.807) is 4.90 Å². The molecule has 1 fully saturated rings. The number of thioether (sulfide) groups is 1. The molecule has 1 aliphatic rings. The van der Waals surface area contributed by atoms with Gasteiger partial charge in [0.1, 0.15) is 0 Å². The number of amides is 2. The lowest BCUT2D eigenvalue weighted by molar-refractivity contribution is -0.130. The predicted molar refractivity (Wildman–Crippen MR) is 81.1 cm³/mol. The van der Waals surface area contributed by atoms with Crippen molar-refractivity contribution in [2.45, 2.75) is 29.7 Å². The molecule has 0 radical (unpaired) electrons. The highest BCUT2D eigenvalue weighted by Crippen LogP contribution is 2.36. The van der Waals surface area contributed by atoms with Gasteiger partial charge in [0.25, 0.3) is 5.91 Å². The van der Waals surface area contributed by atoms with Crippen molar-refractivity contribution in [3.63, 3.8) is 0 Å². The average Bonchev–Trinajstić information content (AvgIpc) is 2.52. The van der Waals surface area contributed by atoms with E-state index in [-0.39, 0.29) is 34.7 Å². The van der Waals surface area contributed by atoms with E-state index < -0.39 is 11.4 Å². The van der Waals surface area contributed by atoms with E-state index in [0.717, 1.165) is 19.3 Å². The van der Waals surface area contributed by atoms with Crippen LogP contribution in [0.2, 0.25) is 0 Å². The number of carbonyl (C=O) groups excluding carboxylic acids is 2. The van der Waals surface area contributed by atoms with Crippen LogP contribution in [0.4, 0.5) is 13.2 Å². The van der Waals surface area contributed by atoms with Crippen LogP contribution in [-0.2, 0) is 4.79 Å². The molecule has 0 bridgehead atoms. The van der Waals surface area contributed by atoms with Gasteiger partial charge in [-0.25, -0.2) is 0 Å². The highest BCUT2D eigenvalue weighted by molar-refractivity contribution is 8.00. The van der Waals surface area contributed by atoms with Crippen LogP contribution in [-0.4, -0.2) is 41.9 Å². The topological polar surface area (TPSA) is 49.4 Å². The molecule has 126 valence electrons. The second kappa shape index (κ2) is 7.72. The summed E-state index contributed by atoms with van der Waals surface area (Å²) in [7, 11) is 0. The van der Waals surface area contributed by atoms with Crippen LogP contribution in [0.3, 0.4) is 0 Å². The smallest absolute Gasteiger partial charge is 0.343 e. The minimum atomic E-state index is -4.36. The van der Waals surface area contributed by atoms with Crippen molar-refractivity contribution < 1.29 is 22.8 Å². The summed E-state index contributed by atoms with van der Waals surface area (Å²) in [4.78, 5) is 25.6. The summed E-state index contributed by atoms with van der Waals surface area (Å²) in [6.07, 6.45) is 3.05. The zero-order chi connectivity index (χ0) is 16.9. The first kappa shape index (κ1) is 17.7. The lowest BCUT2D eigenvalue weighted by Crippen LogP contribution is -2.42. The summed E-state index contributed by atoms with van der Waals surface area (Å²) in [6, 6.07) is 5.10. The fraction of sp³-hybridized carbons (Fsp3) is 0.467. The maximum absolute atomic E-state index is 12.2. The van der Waals surface area contributed by atoms with E-state index >= 15 is 0 Å². The van der Waals surface area contributed by atoms with Crippen molar-refractivity contribution in [3.05, 3.63) is 29.8 Å². The molecular weight excluding hydrogens is 329 g/mol. The number of hydrogen-bond donors (Lipinski definition) is 1. The number of likely N-dealkylation sites (tertiary alicyclic amines) is 1. The molecule has 2 rings (SSSR count). The standard InChI is InChI=1S/C15H17F3N2O2S/c16-15(17,18)23-12-6-4-11(5-7-12)14(22)19-10-13(21)20-8-2-1-3-9-20/h4-7H,1-3,8-10H2,(H,19,22). The van der Waals surface area contributed by atoms with Crippen molar-refractivity contribution in [2.24, 2.45) is 0 Å². The Morgan fingerprint density at radius 1 is 1.09 bits per heavy atom. The Labute approximate surface area is 136 Å². The van der Waals surface area contributed by atoms with Gasteiger partial charge in [-0.3, -0.25) is 9.59 Å². The summed E-state index contributed by atoms with van der Waals surface area (Å²) in [5.74, 6) is -0.610. The number of piperidine rings is 1. The van der Waals surface area contributed by atoms with Crippen LogP contribution in [0.25, 0.3) is 0 Å². The number of benzene rings is 1. The van der Waals surface area contributed by atoms with E-state index in [2.05, 4.69) is 5.32 Å². The van der Waals surface area contributed by atoms with Crippen molar-refractivity contribution in [1.82, 2.24) is 10.2 Å². The van der Waals surface area contributed by atoms with Crippen LogP contribution < -0.4 is 5.32 Å². The minimum Gasteiger partial charge on any atom is -0.343 e. The fourth-order valence-corrected chi connectivity index (χ4v) is 2.86. The molecule has 0 aliphatic carbocycles. The second-order valence-corrected chi connectivity index (χ2v) is 6.33. The third kappa shape index (κ3) is 5.78. The van der Waals surface area contributed by atoms with Crippen LogP contribution in [0.1, 0.15) is 29.6 Å². The van der Waals surface area contributed by atoms with Crippen molar-refractivity contribution in [1.29, 1.82) is 0 Å². The third-order valence-corrected chi connectivity index (χ3v) is 4.20. The largest absolute Gasteiger partial charge is 0.446 e. The number of halogens is 3. The maximum Gasteiger partial charge on any atom is 0.446 e. The highest BCUT2D eigenvalue weighted by Gasteiger charge is 2.29. The van der Waals surface area contributed by atoms with Crippen LogP contribution in [0, 0.1) is 0 Å². The van der Waals surface area contributed by atoms with Crippen molar-refractivity contribution >= 4 is 23.6 Å². The maximum atomic E-state index is 12.2. The molecule has 0 spiro atoms. The Kier molecular flexibility index (Phi) is 5.92. The van der Waals surface area contributed by atoms with Gasteiger partial charge in [-0.2, -0.15) is 13.2 Å². The highest BCUT2D eigenvalue weighted by atomic mass is 32.2. The summed E-state index contributed by atoms with van der Waals surface area (Å²) >= 11 is -0.234. The Bertz CT molecular complexity index is 555. The van der Waals surface area contributed by atoms with E-state index in [9.17, 15) is 22.8 Å². The Morgan fingerprint density at radius 2 is 1.70 bits per heavy atom. The molecule has 23 heavy (non-hydrogen) atoms. The van der Waals surface area contributed by atoms with Gasteiger partial charge in [-0.1, -0.05) is 0 Å². The zero-order valence-electron chi connectivity index (χ0n) is 12.4. The SMILES string of the molecule is O=C(NCC(=O)N1CCCCC1)c1ccc(SC(F)(F)F)cc1. The Morgan fingerprint density at radius 3 is 2.26 bits per heavy atom. The number of rotatable bonds is 4. The molecule has 1 N–H and O–H groups in total.